The highest BCUT2D eigenvalue weighted by Crippen LogP contribution is 2.47. The van der Waals surface area contributed by atoms with E-state index in [1.165, 1.54) is 6.42 Å². The predicted octanol–water partition coefficient (Wildman–Crippen LogP) is 2.58. The molecule has 0 bridgehead atoms. The van der Waals surface area contributed by atoms with Crippen LogP contribution in [0.5, 0.6) is 0 Å². The minimum absolute atomic E-state index is 0.612. The lowest BCUT2D eigenvalue weighted by Crippen LogP contribution is -1.76. The maximum atomic E-state index is 5.58. The molecule has 1 aliphatic carbocycles. The van der Waals surface area contributed by atoms with Crippen molar-refractivity contribution in [2.75, 3.05) is 0 Å². The van der Waals surface area contributed by atoms with E-state index in [9.17, 15) is 0 Å². The Morgan fingerprint density at radius 2 is 2.42 bits per heavy atom. The van der Waals surface area contributed by atoms with Crippen LogP contribution in [0.3, 0.4) is 0 Å². The van der Waals surface area contributed by atoms with Crippen molar-refractivity contribution in [3.63, 3.8) is 0 Å². The van der Waals surface area contributed by atoms with Crippen molar-refractivity contribution in [2.24, 2.45) is 5.92 Å². The third-order valence-corrected chi connectivity index (χ3v) is 2.43. The van der Waals surface area contributed by atoms with E-state index in [-0.39, 0.29) is 0 Å². The summed E-state index contributed by atoms with van der Waals surface area (Å²) in [5, 5.41) is 0. The van der Waals surface area contributed by atoms with Gasteiger partial charge in [0.25, 0.3) is 0 Å². The van der Waals surface area contributed by atoms with Gasteiger partial charge in [0.1, 0.15) is 11.5 Å². The summed E-state index contributed by atoms with van der Waals surface area (Å²) in [5.41, 5.74) is 0. The summed E-state index contributed by atoms with van der Waals surface area (Å²) >= 11 is 0. The SMILES string of the molecule is C#CCc1ccc(C2CC2C)o1. The molecule has 12 heavy (non-hydrogen) atoms. The summed E-state index contributed by atoms with van der Waals surface area (Å²) < 4.78 is 5.58. The maximum Gasteiger partial charge on any atom is 0.116 e. The van der Waals surface area contributed by atoms with Crippen LogP contribution in [0.15, 0.2) is 16.5 Å². The minimum Gasteiger partial charge on any atom is -0.465 e. The van der Waals surface area contributed by atoms with Gasteiger partial charge in [-0.2, -0.15) is 0 Å². The van der Waals surface area contributed by atoms with Gasteiger partial charge in [-0.1, -0.05) is 12.8 Å². The van der Waals surface area contributed by atoms with Gasteiger partial charge < -0.3 is 4.42 Å². The molecule has 1 heteroatoms. The zero-order valence-electron chi connectivity index (χ0n) is 7.21. The molecule has 1 aromatic heterocycles. The van der Waals surface area contributed by atoms with Crippen LogP contribution in [0.25, 0.3) is 0 Å². The molecule has 1 fully saturated rings. The molecule has 1 aliphatic rings. The molecule has 0 radical (unpaired) electrons. The Bertz CT molecular complexity index is 316. The van der Waals surface area contributed by atoms with Crippen LogP contribution in [0.2, 0.25) is 0 Å². The van der Waals surface area contributed by atoms with Crippen molar-refractivity contribution in [1.82, 2.24) is 0 Å². The van der Waals surface area contributed by atoms with Gasteiger partial charge in [0, 0.05) is 5.92 Å². The van der Waals surface area contributed by atoms with Crippen molar-refractivity contribution >= 4 is 0 Å². The van der Waals surface area contributed by atoms with E-state index in [2.05, 4.69) is 18.9 Å². The summed E-state index contributed by atoms with van der Waals surface area (Å²) in [6, 6.07) is 4.04. The van der Waals surface area contributed by atoms with E-state index in [0.717, 1.165) is 17.4 Å². The lowest BCUT2D eigenvalue weighted by Gasteiger charge is -1.90. The average Bonchev–Trinajstić information content (AvgIpc) is 2.62. The average molecular weight is 160 g/mol. The highest BCUT2D eigenvalue weighted by Gasteiger charge is 2.36. The van der Waals surface area contributed by atoms with E-state index in [1.54, 1.807) is 0 Å². The fraction of sp³-hybridized carbons (Fsp3) is 0.455. The fourth-order valence-electron chi connectivity index (χ4n) is 1.51. The van der Waals surface area contributed by atoms with Crippen molar-refractivity contribution in [3.05, 3.63) is 23.7 Å². The van der Waals surface area contributed by atoms with Gasteiger partial charge in [0.05, 0.1) is 6.42 Å². The van der Waals surface area contributed by atoms with Crippen LogP contribution in [0.1, 0.15) is 30.8 Å². The van der Waals surface area contributed by atoms with Crippen molar-refractivity contribution in [1.29, 1.82) is 0 Å². The molecule has 2 atom stereocenters. The lowest BCUT2D eigenvalue weighted by molar-refractivity contribution is 0.473. The molecule has 0 saturated heterocycles. The first-order chi connectivity index (χ1) is 5.81. The topological polar surface area (TPSA) is 13.1 Å². The quantitative estimate of drug-likeness (QED) is 0.606. The van der Waals surface area contributed by atoms with Crippen LogP contribution >= 0.6 is 0 Å². The lowest BCUT2D eigenvalue weighted by atomic mass is 10.3. The van der Waals surface area contributed by atoms with E-state index >= 15 is 0 Å². The van der Waals surface area contributed by atoms with E-state index in [1.807, 2.05) is 6.07 Å². The smallest absolute Gasteiger partial charge is 0.116 e. The second-order valence-electron chi connectivity index (χ2n) is 3.50. The van der Waals surface area contributed by atoms with Gasteiger partial charge >= 0.3 is 0 Å². The molecule has 1 nitrogen and oxygen atoms in total. The number of furan rings is 1. The standard InChI is InChI=1S/C11H12O/c1-3-4-9-5-6-11(12-9)10-7-8(10)2/h1,5-6,8,10H,4,7H2,2H3. The van der Waals surface area contributed by atoms with Crippen LogP contribution in [-0.2, 0) is 6.42 Å². The predicted molar refractivity (Wildman–Crippen MR) is 47.8 cm³/mol. The van der Waals surface area contributed by atoms with Crippen LogP contribution in [0.4, 0.5) is 0 Å². The van der Waals surface area contributed by atoms with Crippen LogP contribution < -0.4 is 0 Å². The first-order valence-corrected chi connectivity index (χ1v) is 4.33. The third-order valence-electron chi connectivity index (χ3n) is 2.43. The van der Waals surface area contributed by atoms with Gasteiger partial charge in [-0.3, -0.25) is 0 Å². The van der Waals surface area contributed by atoms with Crippen molar-refractivity contribution in [3.8, 4) is 12.3 Å². The molecule has 62 valence electrons. The highest BCUT2D eigenvalue weighted by molar-refractivity contribution is 5.19. The summed E-state index contributed by atoms with van der Waals surface area (Å²) in [7, 11) is 0. The molecular formula is C11H12O. The molecule has 1 saturated carbocycles. The summed E-state index contributed by atoms with van der Waals surface area (Å²) in [6.07, 6.45) is 7.06. The molecular weight excluding hydrogens is 148 g/mol. The molecule has 0 spiro atoms. The van der Waals surface area contributed by atoms with E-state index in [0.29, 0.717) is 12.3 Å². The molecule has 1 aromatic rings. The van der Waals surface area contributed by atoms with Gasteiger partial charge in [0.15, 0.2) is 0 Å². The van der Waals surface area contributed by atoms with E-state index in [4.69, 9.17) is 10.8 Å². The van der Waals surface area contributed by atoms with Crippen molar-refractivity contribution in [2.45, 2.75) is 25.7 Å². The number of hydrogen-bond acceptors (Lipinski definition) is 1. The Morgan fingerprint density at radius 3 is 3.00 bits per heavy atom. The van der Waals surface area contributed by atoms with Crippen LogP contribution in [0, 0.1) is 18.3 Å². The molecule has 0 N–H and O–H groups in total. The number of rotatable bonds is 2. The zero-order chi connectivity index (χ0) is 8.55. The van der Waals surface area contributed by atoms with Gasteiger partial charge in [-0.05, 0) is 24.5 Å². The third kappa shape index (κ3) is 1.25. The maximum absolute atomic E-state index is 5.58. The van der Waals surface area contributed by atoms with Crippen LogP contribution in [-0.4, -0.2) is 0 Å². The monoisotopic (exact) mass is 160 g/mol. The number of hydrogen-bond donors (Lipinski definition) is 0. The summed E-state index contributed by atoms with van der Waals surface area (Å²) in [4.78, 5) is 0. The first kappa shape index (κ1) is 7.49. The molecule has 0 aromatic carbocycles. The van der Waals surface area contributed by atoms with Gasteiger partial charge in [0.2, 0.25) is 0 Å². The Kier molecular flexibility index (Phi) is 1.69. The Balaban J connectivity index is 2.10. The Hall–Kier alpha value is -1.16. The number of terminal acetylenes is 1. The summed E-state index contributed by atoms with van der Waals surface area (Å²) in [6.45, 7) is 2.24. The normalized spacial score (nSPS) is 26.7. The second kappa shape index (κ2) is 2.71. The fourth-order valence-corrected chi connectivity index (χ4v) is 1.51. The molecule has 1 heterocycles. The molecule has 2 rings (SSSR count). The van der Waals surface area contributed by atoms with Crippen molar-refractivity contribution < 1.29 is 4.42 Å². The second-order valence-corrected chi connectivity index (χ2v) is 3.50. The largest absolute Gasteiger partial charge is 0.465 e. The summed E-state index contributed by atoms with van der Waals surface area (Å²) in [5.74, 6) is 6.08. The Morgan fingerprint density at radius 1 is 1.67 bits per heavy atom. The van der Waals surface area contributed by atoms with E-state index < -0.39 is 0 Å². The molecule has 0 amide bonds. The van der Waals surface area contributed by atoms with Gasteiger partial charge in [-0.25, -0.2) is 0 Å². The molecule has 2 unspecified atom stereocenters. The highest BCUT2D eigenvalue weighted by atomic mass is 16.3. The minimum atomic E-state index is 0.612. The molecule has 0 aliphatic heterocycles. The zero-order valence-corrected chi connectivity index (χ0v) is 7.21. The first-order valence-electron chi connectivity index (χ1n) is 4.33. The Labute approximate surface area is 72.8 Å². The van der Waals surface area contributed by atoms with Gasteiger partial charge in [-0.15, -0.1) is 6.42 Å².